The lowest BCUT2D eigenvalue weighted by atomic mass is 9.93. The van der Waals surface area contributed by atoms with Crippen molar-refractivity contribution in [3.63, 3.8) is 0 Å². The molecule has 4 nitrogen and oxygen atoms in total. The third-order valence-electron chi connectivity index (χ3n) is 3.66. The van der Waals surface area contributed by atoms with Gasteiger partial charge in [-0.25, -0.2) is 0 Å². The lowest BCUT2D eigenvalue weighted by molar-refractivity contribution is -0.121. The zero-order valence-electron chi connectivity index (χ0n) is 11.4. The number of hydrogen-bond donors (Lipinski definition) is 1. The molecule has 4 heteroatoms. The normalized spacial score (nSPS) is 22.6. The molecular weight excluding hydrogens is 238 g/mol. The van der Waals surface area contributed by atoms with Gasteiger partial charge in [-0.1, -0.05) is 13.0 Å². The minimum atomic E-state index is -0.112. The van der Waals surface area contributed by atoms with Crippen molar-refractivity contribution in [2.24, 2.45) is 5.92 Å². The summed E-state index contributed by atoms with van der Waals surface area (Å²) in [5, 5.41) is 12.2. The Morgan fingerprint density at radius 2 is 2.32 bits per heavy atom. The molecule has 0 radical (unpaired) electrons. The van der Waals surface area contributed by atoms with Crippen LogP contribution in [-0.2, 0) is 4.79 Å². The first kappa shape index (κ1) is 13.6. The number of anilines is 1. The second-order valence-electron chi connectivity index (χ2n) is 5.20. The van der Waals surface area contributed by atoms with E-state index in [1.807, 2.05) is 6.07 Å². The number of likely N-dealkylation sites (N-methyl/N-ethyl adjacent to an activating group) is 1. The van der Waals surface area contributed by atoms with Gasteiger partial charge in [-0.05, 0) is 43.5 Å². The van der Waals surface area contributed by atoms with Crippen LogP contribution in [0, 0.1) is 17.2 Å². The van der Waals surface area contributed by atoms with Crippen LogP contribution in [0.1, 0.15) is 25.3 Å². The van der Waals surface area contributed by atoms with Crippen molar-refractivity contribution < 1.29 is 4.79 Å². The predicted molar refractivity (Wildman–Crippen MR) is 74.8 cm³/mol. The molecule has 1 N–H and O–H groups in total. The van der Waals surface area contributed by atoms with Gasteiger partial charge in [0.15, 0.2) is 0 Å². The predicted octanol–water partition coefficient (Wildman–Crippen LogP) is 1.91. The fourth-order valence-electron chi connectivity index (χ4n) is 2.44. The molecule has 1 fully saturated rings. The number of nitrogens with zero attached hydrogens (tertiary/aromatic N) is 2. The fraction of sp³-hybridized carbons (Fsp3) is 0.467. The molecular formula is C15H19N3O. The van der Waals surface area contributed by atoms with Crippen LogP contribution in [0.15, 0.2) is 24.3 Å². The molecule has 0 bridgehead atoms. The van der Waals surface area contributed by atoms with E-state index in [9.17, 15) is 4.79 Å². The zero-order valence-corrected chi connectivity index (χ0v) is 11.4. The number of benzene rings is 1. The molecule has 1 amide bonds. The molecule has 2 atom stereocenters. The van der Waals surface area contributed by atoms with Gasteiger partial charge in [-0.2, -0.15) is 5.26 Å². The largest absolute Gasteiger partial charge is 0.314 e. The fourth-order valence-corrected chi connectivity index (χ4v) is 2.44. The van der Waals surface area contributed by atoms with Gasteiger partial charge >= 0.3 is 0 Å². The maximum atomic E-state index is 12.4. The van der Waals surface area contributed by atoms with Crippen molar-refractivity contribution in [1.82, 2.24) is 5.32 Å². The van der Waals surface area contributed by atoms with Crippen molar-refractivity contribution >= 4 is 11.6 Å². The lowest BCUT2D eigenvalue weighted by Gasteiger charge is -2.30. The summed E-state index contributed by atoms with van der Waals surface area (Å²) in [6, 6.07) is 9.11. The van der Waals surface area contributed by atoms with E-state index in [2.05, 4.69) is 18.3 Å². The molecule has 1 aromatic rings. The Kier molecular flexibility index (Phi) is 4.18. The smallest absolute Gasteiger partial charge is 0.243 e. The summed E-state index contributed by atoms with van der Waals surface area (Å²) in [5.41, 5.74) is 1.34. The number of carbonyl (C=O) groups is 1. The Hall–Kier alpha value is -1.86. The SMILES string of the molecule is CC1CCNC(C(=O)N(C)c2cccc(C#N)c2)C1. The molecule has 100 valence electrons. The third-order valence-corrected chi connectivity index (χ3v) is 3.66. The number of nitriles is 1. The van der Waals surface area contributed by atoms with Gasteiger partial charge in [-0.15, -0.1) is 0 Å². The summed E-state index contributed by atoms with van der Waals surface area (Å²) in [6.07, 6.45) is 2.00. The van der Waals surface area contributed by atoms with Gasteiger partial charge in [0.05, 0.1) is 17.7 Å². The van der Waals surface area contributed by atoms with Crippen LogP contribution in [0.5, 0.6) is 0 Å². The molecule has 19 heavy (non-hydrogen) atoms. The van der Waals surface area contributed by atoms with E-state index in [1.165, 1.54) is 0 Å². The van der Waals surface area contributed by atoms with Crippen LogP contribution in [0.25, 0.3) is 0 Å². The van der Waals surface area contributed by atoms with Gasteiger partial charge in [0.2, 0.25) is 5.91 Å². The average Bonchev–Trinajstić information content (AvgIpc) is 2.45. The Balaban J connectivity index is 2.12. The van der Waals surface area contributed by atoms with Crippen LogP contribution in [0.3, 0.4) is 0 Å². The summed E-state index contributed by atoms with van der Waals surface area (Å²) >= 11 is 0. The first-order valence-electron chi connectivity index (χ1n) is 6.63. The van der Waals surface area contributed by atoms with Gasteiger partial charge in [0, 0.05) is 12.7 Å². The van der Waals surface area contributed by atoms with Crippen molar-refractivity contribution in [3.05, 3.63) is 29.8 Å². The Labute approximate surface area is 114 Å². The molecule has 0 spiro atoms. The number of rotatable bonds is 2. The zero-order chi connectivity index (χ0) is 13.8. The number of nitrogens with one attached hydrogen (secondary N) is 1. The molecule has 1 aliphatic rings. The topological polar surface area (TPSA) is 56.1 Å². The minimum Gasteiger partial charge on any atom is -0.314 e. The van der Waals surface area contributed by atoms with Gasteiger partial charge < -0.3 is 10.2 Å². The Bertz CT molecular complexity index is 506. The van der Waals surface area contributed by atoms with Crippen molar-refractivity contribution in [2.75, 3.05) is 18.5 Å². The molecule has 1 saturated heterocycles. The first-order chi connectivity index (χ1) is 9.11. The Morgan fingerprint density at radius 1 is 1.53 bits per heavy atom. The highest BCUT2D eigenvalue weighted by Gasteiger charge is 2.27. The van der Waals surface area contributed by atoms with Gasteiger partial charge in [-0.3, -0.25) is 4.79 Å². The van der Waals surface area contributed by atoms with Crippen LogP contribution >= 0.6 is 0 Å². The second-order valence-corrected chi connectivity index (χ2v) is 5.20. The van der Waals surface area contributed by atoms with E-state index in [4.69, 9.17) is 5.26 Å². The summed E-state index contributed by atoms with van der Waals surface area (Å²) in [6.45, 7) is 3.07. The van der Waals surface area contributed by atoms with Crippen molar-refractivity contribution in [2.45, 2.75) is 25.8 Å². The average molecular weight is 257 g/mol. The standard InChI is InChI=1S/C15H19N3O/c1-11-6-7-17-14(8-11)15(19)18(2)13-5-3-4-12(9-13)10-16/h3-5,9,11,14,17H,6-8H2,1-2H3. The number of amides is 1. The number of piperidine rings is 1. The Morgan fingerprint density at radius 3 is 3.00 bits per heavy atom. The van der Waals surface area contributed by atoms with Crippen LogP contribution in [0.2, 0.25) is 0 Å². The van der Waals surface area contributed by atoms with Gasteiger partial charge in [0.1, 0.15) is 0 Å². The first-order valence-corrected chi connectivity index (χ1v) is 6.63. The van der Waals surface area contributed by atoms with Crippen molar-refractivity contribution in [1.29, 1.82) is 5.26 Å². The number of carbonyl (C=O) groups excluding carboxylic acids is 1. The maximum Gasteiger partial charge on any atom is 0.243 e. The van der Waals surface area contributed by atoms with E-state index in [1.54, 1.807) is 30.1 Å². The van der Waals surface area contributed by atoms with E-state index in [0.29, 0.717) is 11.5 Å². The summed E-state index contributed by atoms with van der Waals surface area (Å²) < 4.78 is 0. The molecule has 2 unspecified atom stereocenters. The van der Waals surface area contributed by atoms with Gasteiger partial charge in [0.25, 0.3) is 0 Å². The second kappa shape index (κ2) is 5.85. The molecule has 0 aliphatic carbocycles. The highest BCUT2D eigenvalue weighted by Crippen LogP contribution is 2.20. The summed E-state index contributed by atoms with van der Waals surface area (Å²) in [5.74, 6) is 0.649. The molecule has 0 saturated carbocycles. The summed E-state index contributed by atoms with van der Waals surface area (Å²) in [4.78, 5) is 14.1. The molecule has 2 rings (SSSR count). The van der Waals surface area contributed by atoms with E-state index in [0.717, 1.165) is 25.1 Å². The monoisotopic (exact) mass is 257 g/mol. The molecule has 1 aliphatic heterocycles. The lowest BCUT2D eigenvalue weighted by Crippen LogP contribution is -2.49. The summed E-state index contributed by atoms with van der Waals surface area (Å²) in [7, 11) is 1.76. The van der Waals surface area contributed by atoms with E-state index in [-0.39, 0.29) is 11.9 Å². The maximum absolute atomic E-state index is 12.4. The van der Waals surface area contributed by atoms with E-state index >= 15 is 0 Å². The van der Waals surface area contributed by atoms with Crippen LogP contribution in [0.4, 0.5) is 5.69 Å². The van der Waals surface area contributed by atoms with Crippen molar-refractivity contribution in [3.8, 4) is 6.07 Å². The quantitative estimate of drug-likeness (QED) is 0.880. The molecule has 1 aromatic carbocycles. The van der Waals surface area contributed by atoms with Crippen LogP contribution < -0.4 is 10.2 Å². The third kappa shape index (κ3) is 3.12. The molecule has 0 aromatic heterocycles. The minimum absolute atomic E-state index is 0.0710. The highest BCUT2D eigenvalue weighted by molar-refractivity contribution is 5.96. The number of hydrogen-bond acceptors (Lipinski definition) is 3. The van der Waals surface area contributed by atoms with Crippen LogP contribution in [-0.4, -0.2) is 25.5 Å². The highest BCUT2D eigenvalue weighted by atomic mass is 16.2. The molecule has 1 heterocycles. The van der Waals surface area contributed by atoms with E-state index < -0.39 is 0 Å².